The molecule has 0 fully saturated rings. The second kappa shape index (κ2) is 8.13. The molecule has 0 aliphatic heterocycles. The molecule has 0 aromatic heterocycles. The smallest absolute Gasteiger partial charge is 0.382 e. The molecule has 0 aliphatic carbocycles. The van der Waals surface area contributed by atoms with Crippen molar-refractivity contribution in [1.82, 2.24) is 5.32 Å². The van der Waals surface area contributed by atoms with Crippen molar-refractivity contribution in [3.8, 4) is 0 Å². The van der Waals surface area contributed by atoms with Gasteiger partial charge in [-0.25, -0.2) is 0 Å². The molecule has 0 saturated heterocycles. The van der Waals surface area contributed by atoms with Gasteiger partial charge in [0.25, 0.3) is 0 Å². The average molecular weight is 323 g/mol. The van der Waals surface area contributed by atoms with Gasteiger partial charge in [0.05, 0.1) is 0 Å². The highest BCUT2D eigenvalue weighted by atomic mass is 19.4. The summed E-state index contributed by atoms with van der Waals surface area (Å²) < 4.78 is 38.6. The number of nitrogens with one attached hydrogen (secondary N) is 1. The van der Waals surface area contributed by atoms with Crippen molar-refractivity contribution in [3.05, 3.63) is 71.8 Å². The summed E-state index contributed by atoms with van der Waals surface area (Å²) in [5.74, 6) is 0. The second-order valence-electron chi connectivity index (χ2n) is 5.48. The Labute approximate surface area is 134 Å². The Kier molecular flexibility index (Phi) is 6.19. The monoisotopic (exact) mass is 323 g/mol. The molecule has 0 spiro atoms. The van der Waals surface area contributed by atoms with Crippen LogP contribution >= 0.6 is 0 Å². The molecule has 124 valence electrons. The highest BCUT2D eigenvalue weighted by Gasteiger charge is 2.43. The minimum Gasteiger partial charge on any atom is -0.382 e. The Morgan fingerprint density at radius 2 is 1.39 bits per heavy atom. The van der Waals surface area contributed by atoms with Gasteiger partial charge in [-0.2, -0.15) is 13.2 Å². The first-order chi connectivity index (χ1) is 11.0. The van der Waals surface area contributed by atoms with Crippen LogP contribution in [-0.2, 0) is 13.0 Å². The quantitative estimate of drug-likeness (QED) is 0.814. The third kappa shape index (κ3) is 5.69. The van der Waals surface area contributed by atoms with Crippen molar-refractivity contribution in [2.24, 2.45) is 0 Å². The van der Waals surface area contributed by atoms with Crippen molar-refractivity contribution in [3.63, 3.8) is 0 Å². The molecule has 2 atom stereocenters. The third-order valence-corrected chi connectivity index (χ3v) is 3.71. The number of hydrogen-bond acceptors (Lipinski definition) is 2. The van der Waals surface area contributed by atoms with E-state index in [1.807, 2.05) is 60.7 Å². The van der Waals surface area contributed by atoms with Gasteiger partial charge in [0, 0.05) is 12.6 Å². The SMILES string of the molecule is O[C@@H]([C@H](CCc1ccccc1)NCc1ccccc1)C(F)(F)F. The highest BCUT2D eigenvalue weighted by molar-refractivity contribution is 5.16. The number of aliphatic hydroxyl groups is 1. The van der Waals surface area contributed by atoms with E-state index in [4.69, 9.17) is 0 Å². The molecule has 0 aliphatic rings. The number of halogens is 3. The first-order valence-electron chi connectivity index (χ1n) is 7.53. The first-order valence-corrected chi connectivity index (χ1v) is 7.53. The fourth-order valence-electron chi connectivity index (χ4n) is 2.41. The highest BCUT2D eigenvalue weighted by Crippen LogP contribution is 2.24. The normalized spacial score (nSPS) is 14.4. The Hall–Kier alpha value is -1.85. The lowest BCUT2D eigenvalue weighted by atomic mass is 10.0. The maximum absolute atomic E-state index is 12.9. The summed E-state index contributed by atoms with van der Waals surface area (Å²) in [4.78, 5) is 0. The predicted molar refractivity (Wildman–Crippen MR) is 83.9 cm³/mol. The zero-order chi connectivity index (χ0) is 16.7. The number of alkyl halides is 3. The van der Waals surface area contributed by atoms with Crippen molar-refractivity contribution in [1.29, 1.82) is 0 Å². The second-order valence-corrected chi connectivity index (χ2v) is 5.48. The van der Waals surface area contributed by atoms with Crippen LogP contribution in [0.1, 0.15) is 17.5 Å². The summed E-state index contributed by atoms with van der Waals surface area (Å²) in [6, 6.07) is 17.4. The van der Waals surface area contributed by atoms with Gasteiger partial charge in [0.15, 0.2) is 6.10 Å². The van der Waals surface area contributed by atoms with Gasteiger partial charge < -0.3 is 10.4 Å². The maximum Gasteiger partial charge on any atom is 0.415 e. The molecule has 0 bridgehead atoms. The maximum atomic E-state index is 12.9. The Morgan fingerprint density at radius 3 is 1.91 bits per heavy atom. The van der Waals surface area contributed by atoms with Crippen molar-refractivity contribution in [2.45, 2.75) is 37.7 Å². The fraction of sp³-hybridized carbons (Fsp3) is 0.333. The number of hydrogen-bond donors (Lipinski definition) is 2. The van der Waals surface area contributed by atoms with Gasteiger partial charge in [0.1, 0.15) is 0 Å². The Bertz CT molecular complexity index is 528. The summed E-state index contributed by atoms with van der Waals surface area (Å²) in [5, 5.41) is 12.5. The van der Waals surface area contributed by atoms with Crippen LogP contribution in [0, 0.1) is 0 Å². The number of aliphatic hydroxyl groups excluding tert-OH is 1. The van der Waals surface area contributed by atoms with Crippen molar-refractivity contribution >= 4 is 0 Å². The van der Waals surface area contributed by atoms with Gasteiger partial charge in [-0.3, -0.25) is 0 Å². The summed E-state index contributed by atoms with van der Waals surface area (Å²) in [6.07, 6.45) is -6.34. The molecular formula is C18H20F3NO. The van der Waals surface area contributed by atoms with Crippen LogP contribution in [0.3, 0.4) is 0 Å². The topological polar surface area (TPSA) is 32.3 Å². The van der Waals surface area contributed by atoms with Crippen LogP contribution in [0.5, 0.6) is 0 Å². The summed E-state index contributed by atoms with van der Waals surface area (Å²) >= 11 is 0. The molecule has 0 amide bonds. The molecule has 2 nitrogen and oxygen atoms in total. The van der Waals surface area contributed by atoms with E-state index in [2.05, 4.69) is 5.32 Å². The molecule has 2 N–H and O–H groups in total. The van der Waals surface area contributed by atoms with Gasteiger partial charge in [0.2, 0.25) is 0 Å². The van der Waals surface area contributed by atoms with Crippen molar-refractivity contribution in [2.75, 3.05) is 0 Å². The van der Waals surface area contributed by atoms with Gasteiger partial charge >= 0.3 is 6.18 Å². The summed E-state index contributed by atoms with van der Waals surface area (Å²) in [6.45, 7) is 0.285. The van der Waals surface area contributed by atoms with Crippen LogP contribution < -0.4 is 5.32 Å². The van der Waals surface area contributed by atoms with E-state index in [0.29, 0.717) is 6.42 Å². The van der Waals surface area contributed by atoms with Crippen LogP contribution in [0.25, 0.3) is 0 Å². The van der Waals surface area contributed by atoms with E-state index in [1.54, 1.807) is 0 Å². The molecule has 5 heteroatoms. The molecule has 2 aromatic rings. The van der Waals surface area contributed by atoms with E-state index in [1.165, 1.54) is 0 Å². The lowest BCUT2D eigenvalue weighted by Crippen LogP contribution is -2.47. The Morgan fingerprint density at radius 1 is 0.870 bits per heavy atom. The molecule has 0 saturated carbocycles. The molecular weight excluding hydrogens is 303 g/mol. The van der Waals surface area contributed by atoms with Crippen LogP contribution in [0.2, 0.25) is 0 Å². The van der Waals surface area contributed by atoms with Crippen molar-refractivity contribution < 1.29 is 18.3 Å². The number of benzene rings is 2. The molecule has 2 aromatic carbocycles. The minimum absolute atomic E-state index is 0.206. The van der Waals surface area contributed by atoms with E-state index < -0.39 is 18.3 Å². The lowest BCUT2D eigenvalue weighted by Gasteiger charge is -2.26. The molecule has 0 unspecified atom stereocenters. The lowest BCUT2D eigenvalue weighted by molar-refractivity contribution is -0.212. The van der Waals surface area contributed by atoms with Gasteiger partial charge in [-0.15, -0.1) is 0 Å². The van der Waals surface area contributed by atoms with E-state index >= 15 is 0 Å². The van der Waals surface area contributed by atoms with Gasteiger partial charge in [-0.05, 0) is 24.0 Å². The standard InChI is InChI=1S/C18H20F3NO/c19-18(20,21)17(23)16(12-11-14-7-3-1-4-8-14)22-13-15-9-5-2-6-10-15/h1-10,16-17,22-23H,11-13H2/t16-,17-/m0/s1. The minimum atomic E-state index is -4.63. The number of rotatable bonds is 7. The van der Waals surface area contributed by atoms with Gasteiger partial charge in [-0.1, -0.05) is 60.7 Å². The fourth-order valence-corrected chi connectivity index (χ4v) is 2.41. The largest absolute Gasteiger partial charge is 0.415 e. The van der Waals surface area contributed by atoms with Crippen LogP contribution in [0.4, 0.5) is 13.2 Å². The molecule has 2 rings (SSSR count). The zero-order valence-corrected chi connectivity index (χ0v) is 12.6. The molecule has 0 heterocycles. The zero-order valence-electron chi connectivity index (χ0n) is 12.6. The predicted octanol–water partition coefficient (Wildman–Crippen LogP) is 3.70. The molecule has 0 radical (unpaired) electrons. The van der Waals surface area contributed by atoms with Crippen LogP contribution in [-0.4, -0.2) is 23.4 Å². The average Bonchev–Trinajstić information content (AvgIpc) is 2.55. The van der Waals surface area contributed by atoms with E-state index in [9.17, 15) is 18.3 Å². The Balaban J connectivity index is 1.99. The summed E-state index contributed by atoms with van der Waals surface area (Å²) in [5.41, 5.74) is 1.83. The summed E-state index contributed by atoms with van der Waals surface area (Å²) in [7, 11) is 0. The van der Waals surface area contributed by atoms with E-state index in [0.717, 1.165) is 11.1 Å². The van der Waals surface area contributed by atoms with E-state index in [-0.39, 0.29) is 13.0 Å². The van der Waals surface area contributed by atoms with Crippen LogP contribution in [0.15, 0.2) is 60.7 Å². The number of aryl methyl sites for hydroxylation is 1. The molecule has 23 heavy (non-hydrogen) atoms. The first kappa shape index (κ1) is 17.5. The third-order valence-electron chi connectivity index (χ3n) is 3.71.